The molecule has 0 saturated heterocycles. The van der Waals surface area contributed by atoms with Crippen molar-refractivity contribution in [3.05, 3.63) is 36.1 Å². The lowest BCUT2D eigenvalue weighted by atomic mass is 10.1. The number of para-hydroxylation sites is 1. The van der Waals surface area contributed by atoms with Gasteiger partial charge in [0.25, 0.3) is 0 Å². The van der Waals surface area contributed by atoms with E-state index in [1.54, 1.807) is 0 Å². The first-order chi connectivity index (χ1) is 7.81. The van der Waals surface area contributed by atoms with Crippen molar-refractivity contribution < 1.29 is 9.21 Å². The van der Waals surface area contributed by atoms with E-state index in [9.17, 15) is 4.79 Å². The average molecular weight is 216 g/mol. The van der Waals surface area contributed by atoms with Crippen LogP contribution in [0.5, 0.6) is 0 Å². The molecule has 1 aromatic carbocycles. The molecule has 0 aliphatic carbocycles. The summed E-state index contributed by atoms with van der Waals surface area (Å²) < 4.78 is 5.51. The molecule has 1 heterocycles. The Hall–Kier alpha value is -1.57. The fourth-order valence-corrected chi connectivity index (χ4v) is 1.78. The Bertz CT molecular complexity index is 449. The number of hydrogen-bond acceptors (Lipinski definition) is 2. The van der Waals surface area contributed by atoms with E-state index in [0.717, 1.165) is 30.2 Å². The van der Waals surface area contributed by atoms with Gasteiger partial charge in [0, 0.05) is 11.8 Å². The zero-order chi connectivity index (χ0) is 11.4. The first-order valence-corrected chi connectivity index (χ1v) is 5.83. The highest BCUT2D eigenvalue weighted by Gasteiger charge is 2.11. The summed E-state index contributed by atoms with van der Waals surface area (Å²) in [5.74, 6) is 0.613. The highest BCUT2D eigenvalue weighted by molar-refractivity contribution is 5.97. The topological polar surface area (TPSA) is 30.2 Å². The number of furan rings is 1. The Kier molecular flexibility index (Phi) is 3.40. The van der Waals surface area contributed by atoms with Gasteiger partial charge >= 0.3 is 0 Å². The quantitative estimate of drug-likeness (QED) is 0.554. The van der Waals surface area contributed by atoms with Crippen LogP contribution in [0.2, 0.25) is 0 Å². The van der Waals surface area contributed by atoms with Crippen molar-refractivity contribution in [2.24, 2.45) is 0 Å². The number of hydrogen-bond donors (Lipinski definition) is 0. The molecule has 0 aliphatic heterocycles. The SMILES string of the molecule is CCCCCC(=O)c1cc2ccccc2o1. The van der Waals surface area contributed by atoms with E-state index in [0.29, 0.717) is 12.2 Å². The molecule has 0 N–H and O–H groups in total. The number of Topliss-reactive ketones (excluding diaryl/α,β-unsaturated/α-hetero) is 1. The summed E-state index contributed by atoms with van der Waals surface area (Å²) in [7, 11) is 0. The Labute approximate surface area is 95.3 Å². The molecule has 0 aliphatic rings. The summed E-state index contributed by atoms with van der Waals surface area (Å²) in [5, 5.41) is 1.00. The summed E-state index contributed by atoms with van der Waals surface area (Å²) in [5.41, 5.74) is 0.793. The highest BCUT2D eigenvalue weighted by atomic mass is 16.3. The zero-order valence-electron chi connectivity index (χ0n) is 9.53. The predicted molar refractivity (Wildman–Crippen MR) is 64.7 cm³/mol. The molecule has 0 unspecified atom stereocenters. The molecular weight excluding hydrogens is 200 g/mol. The molecule has 0 bridgehead atoms. The molecule has 2 heteroatoms. The first-order valence-electron chi connectivity index (χ1n) is 5.83. The van der Waals surface area contributed by atoms with Crippen LogP contribution in [0.1, 0.15) is 43.2 Å². The van der Waals surface area contributed by atoms with E-state index in [4.69, 9.17) is 4.42 Å². The Morgan fingerprint density at radius 1 is 1.25 bits per heavy atom. The second-order valence-electron chi connectivity index (χ2n) is 4.03. The van der Waals surface area contributed by atoms with Crippen LogP contribution < -0.4 is 0 Å². The van der Waals surface area contributed by atoms with Gasteiger partial charge in [-0.25, -0.2) is 0 Å². The third kappa shape index (κ3) is 2.32. The maximum absolute atomic E-state index is 11.8. The van der Waals surface area contributed by atoms with Crippen molar-refractivity contribution in [2.75, 3.05) is 0 Å². The minimum Gasteiger partial charge on any atom is -0.453 e. The highest BCUT2D eigenvalue weighted by Crippen LogP contribution is 2.20. The largest absolute Gasteiger partial charge is 0.453 e. The molecule has 0 amide bonds. The van der Waals surface area contributed by atoms with Gasteiger partial charge in [0.2, 0.25) is 0 Å². The van der Waals surface area contributed by atoms with Gasteiger partial charge in [-0.15, -0.1) is 0 Å². The van der Waals surface area contributed by atoms with Crippen LogP contribution in [0.4, 0.5) is 0 Å². The van der Waals surface area contributed by atoms with Gasteiger partial charge in [-0.1, -0.05) is 38.0 Å². The first kappa shape index (κ1) is 10.9. The molecule has 0 saturated carbocycles. The van der Waals surface area contributed by atoms with Crippen molar-refractivity contribution >= 4 is 16.8 Å². The van der Waals surface area contributed by atoms with Crippen LogP contribution in [0.25, 0.3) is 11.0 Å². The Morgan fingerprint density at radius 2 is 2.06 bits per heavy atom. The van der Waals surface area contributed by atoms with Crippen LogP contribution in [0.15, 0.2) is 34.7 Å². The van der Waals surface area contributed by atoms with E-state index in [1.807, 2.05) is 30.3 Å². The van der Waals surface area contributed by atoms with E-state index in [-0.39, 0.29) is 5.78 Å². The third-order valence-corrected chi connectivity index (χ3v) is 2.71. The van der Waals surface area contributed by atoms with Gasteiger partial charge in [0.15, 0.2) is 11.5 Å². The summed E-state index contributed by atoms with van der Waals surface area (Å²) >= 11 is 0. The second kappa shape index (κ2) is 4.97. The molecule has 0 spiro atoms. The van der Waals surface area contributed by atoms with Crippen LogP contribution in [0.3, 0.4) is 0 Å². The molecule has 0 atom stereocenters. The molecule has 1 aromatic heterocycles. The molecular formula is C14H16O2. The normalized spacial score (nSPS) is 10.8. The number of rotatable bonds is 5. The van der Waals surface area contributed by atoms with Crippen molar-refractivity contribution in [1.29, 1.82) is 0 Å². The number of carbonyl (C=O) groups excluding carboxylic acids is 1. The average Bonchev–Trinajstić information content (AvgIpc) is 2.73. The lowest BCUT2D eigenvalue weighted by Crippen LogP contribution is -1.96. The number of ketones is 1. The van der Waals surface area contributed by atoms with Crippen LogP contribution in [-0.4, -0.2) is 5.78 Å². The third-order valence-electron chi connectivity index (χ3n) is 2.71. The molecule has 0 radical (unpaired) electrons. The molecule has 2 rings (SSSR count). The molecule has 84 valence electrons. The van der Waals surface area contributed by atoms with Crippen molar-refractivity contribution in [2.45, 2.75) is 32.6 Å². The van der Waals surface area contributed by atoms with Crippen molar-refractivity contribution in [1.82, 2.24) is 0 Å². The number of carbonyl (C=O) groups is 1. The standard InChI is InChI=1S/C14H16O2/c1-2-3-4-8-12(15)14-10-11-7-5-6-9-13(11)16-14/h5-7,9-10H,2-4,8H2,1H3. The number of benzene rings is 1. The molecule has 2 aromatic rings. The van der Waals surface area contributed by atoms with Crippen LogP contribution in [0, 0.1) is 0 Å². The van der Waals surface area contributed by atoms with E-state index >= 15 is 0 Å². The Morgan fingerprint density at radius 3 is 2.81 bits per heavy atom. The van der Waals surface area contributed by atoms with Crippen LogP contribution in [-0.2, 0) is 0 Å². The lowest BCUT2D eigenvalue weighted by molar-refractivity contribution is 0.0954. The van der Waals surface area contributed by atoms with E-state index < -0.39 is 0 Å². The smallest absolute Gasteiger partial charge is 0.198 e. The summed E-state index contributed by atoms with van der Waals surface area (Å²) in [6.45, 7) is 2.13. The predicted octanol–water partition coefficient (Wildman–Crippen LogP) is 4.20. The maximum atomic E-state index is 11.8. The fourth-order valence-electron chi connectivity index (χ4n) is 1.78. The monoisotopic (exact) mass is 216 g/mol. The van der Waals surface area contributed by atoms with Gasteiger partial charge in [0.1, 0.15) is 5.58 Å². The molecule has 0 fully saturated rings. The minimum atomic E-state index is 0.115. The maximum Gasteiger partial charge on any atom is 0.198 e. The van der Waals surface area contributed by atoms with Gasteiger partial charge in [-0.3, -0.25) is 4.79 Å². The zero-order valence-corrected chi connectivity index (χ0v) is 9.53. The molecule has 2 nitrogen and oxygen atoms in total. The molecule has 16 heavy (non-hydrogen) atoms. The second-order valence-corrected chi connectivity index (χ2v) is 4.03. The number of fused-ring (bicyclic) bond motifs is 1. The van der Waals surface area contributed by atoms with E-state index in [2.05, 4.69) is 6.92 Å². The summed E-state index contributed by atoms with van der Waals surface area (Å²) in [6.07, 6.45) is 3.78. The Balaban J connectivity index is 2.11. The summed E-state index contributed by atoms with van der Waals surface area (Å²) in [6, 6.07) is 9.55. The van der Waals surface area contributed by atoms with Gasteiger partial charge in [-0.2, -0.15) is 0 Å². The minimum absolute atomic E-state index is 0.115. The van der Waals surface area contributed by atoms with Gasteiger partial charge in [-0.05, 0) is 18.6 Å². The van der Waals surface area contributed by atoms with Crippen LogP contribution >= 0.6 is 0 Å². The fraction of sp³-hybridized carbons (Fsp3) is 0.357. The summed E-state index contributed by atoms with van der Waals surface area (Å²) in [4.78, 5) is 11.8. The van der Waals surface area contributed by atoms with Gasteiger partial charge in [0.05, 0.1) is 0 Å². The van der Waals surface area contributed by atoms with Crippen molar-refractivity contribution in [3.8, 4) is 0 Å². The van der Waals surface area contributed by atoms with E-state index in [1.165, 1.54) is 0 Å². The van der Waals surface area contributed by atoms with Crippen molar-refractivity contribution in [3.63, 3.8) is 0 Å². The van der Waals surface area contributed by atoms with Gasteiger partial charge < -0.3 is 4.42 Å². The lowest BCUT2D eigenvalue weighted by Gasteiger charge is -1.95. The number of unbranched alkanes of at least 4 members (excludes halogenated alkanes) is 2.